The standard InChI is InChI=1S/C14H21F3N4O/c1-12(2,3)21-10(5-7-19-21)13(18)6-4-8-20(9-13)11(22)14(15,16)17/h5,7H,4,6,8-9,18H2,1-3H3. The molecule has 1 atom stereocenters. The number of carbonyl (C=O) groups excluding carboxylic acids is 1. The molecular formula is C14H21F3N4O. The molecule has 2 N–H and O–H groups in total. The van der Waals surface area contributed by atoms with Crippen LogP contribution in [0.25, 0.3) is 0 Å². The summed E-state index contributed by atoms with van der Waals surface area (Å²) in [5.41, 5.74) is 5.65. The lowest BCUT2D eigenvalue weighted by molar-refractivity contribution is -0.187. The van der Waals surface area contributed by atoms with Crippen LogP contribution in [0.4, 0.5) is 13.2 Å². The number of likely N-dealkylation sites (tertiary alicyclic amines) is 1. The van der Waals surface area contributed by atoms with Crippen molar-refractivity contribution in [3.63, 3.8) is 0 Å². The second-order valence-corrected chi connectivity index (χ2v) is 6.78. The van der Waals surface area contributed by atoms with Crippen LogP contribution >= 0.6 is 0 Å². The van der Waals surface area contributed by atoms with Gasteiger partial charge in [-0.3, -0.25) is 9.48 Å². The van der Waals surface area contributed by atoms with E-state index in [1.54, 1.807) is 16.9 Å². The molecule has 0 spiro atoms. The first-order chi connectivity index (χ1) is 9.95. The molecule has 1 aromatic rings. The van der Waals surface area contributed by atoms with Crippen LogP contribution in [0.2, 0.25) is 0 Å². The van der Waals surface area contributed by atoms with Crippen molar-refractivity contribution in [2.24, 2.45) is 5.73 Å². The van der Waals surface area contributed by atoms with Gasteiger partial charge in [0.2, 0.25) is 0 Å². The fourth-order valence-corrected chi connectivity index (χ4v) is 2.86. The van der Waals surface area contributed by atoms with Crippen molar-refractivity contribution in [1.29, 1.82) is 0 Å². The molecule has 1 aliphatic heterocycles. The quantitative estimate of drug-likeness (QED) is 0.861. The van der Waals surface area contributed by atoms with E-state index in [4.69, 9.17) is 5.73 Å². The molecule has 0 aromatic carbocycles. The maximum Gasteiger partial charge on any atom is 0.471 e. The van der Waals surface area contributed by atoms with Crippen LogP contribution in [-0.4, -0.2) is 39.9 Å². The van der Waals surface area contributed by atoms with Crippen LogP contribution < -0.4 is 5.73 Å². The van der Waals surface area contributed by atoms with Crippen molar-refractivity contribution in [3.8, 4) is 0 Å². The van der Waals surface area contributed by atoms with Gasteiger partial charge in [-0.05, 0) is 39.7 Å². The van der Waals surface area contributed by atoms with E-state index in [9.17, 15) is 18.0 Å². The summed E-state index contributed by atoms with van der Waals surface area (Å²) in [5, 5.41) is 4.24. The normalized spacial score (nSPS) is 23.7. The number of nitrogens with zero attached hydrogens (tertiary/aromatic N) is 3. The van der Waals surface area contributed by atoms with Crippen LogP contribution in [0.15, 0.2) is 12.3 Å². The number of halogens is 3. The molecule has 124 valence electrons. The molecule has 2 heterocycles. The molecule has 1 aliphatic rings. The van der Waals surface area contributed by atoms with Crippen LogP contribution in [0, 0.1) is 0 Å². The summed E-state index contributed by atoms with van der Waals surface area (Å²) < 4.78 is 39.7. The maximum atomic E-state index is 12.6. The topological polar surface area (TPSA) is 64.2 Å². The molecule has 22 heavy (non-hydrogen) atoms. The number of aromatic nitrogens is 2. The van der Waals surface area contributed by atoms with E-state index in [1.807, 2.05) is 20.8 Å². The number of carbonyl (C=O) groups is 1. The highest BCUT2D eigenvalue weighted by molar-refractivity contribution is 5.82. The van der Waals surface area contributed by atoms with Gasteiger partial charge in [0.25, 0.3) is 0 Å². The van der Waals surface area contributed by atoms with Gasteiger partial charge >= 0.3 is 12.1 Å². The van der Waals surface area contributed by atoms with E-state index < -0.39 is 17.6 Å². The first kappa shape index (κ1) is 16.8. The van der Waals surface area contributed by atoms with Crippen molar-refractivity contribution in [2.75, 3.05) is 13.1 Å². The van der Waals surface area contributed by atoms with Gasteiger partial charge in [0.15, 0.2) is 0 Å². The molecule has 1 aromatic heterocycles. The largest absolute Gasteiger partial charge is 0.471 e. The van der Waals surface area contributed by atoms with Gasteiger partial charge in [-0.15, -0.1) is 0 Å². The lowest BCUT2D eigenvalue weighted by Gasteiger charge is -2.41. The minimum atomic E-state index is -4.87. The summed E-state index contributed by atoms with van der Waals surface area (Å²) in [6.07, 6.45) is -2.35. The summed E-state index contributed by atoms with van der Waals surface area (Å²) in [6, 6.07) is 1.72. The maximum absolute atomic E-state index is 12.6. The zero-order valence-corrected chi connectivity index (χ0v) is 12.9. The summed E-state index contributed by atoms with van der Waals surface area (Å²) in [7, 11) is 0. The third-order valence-electron chi connectivity index (χ3n) is 3.84. The molecule has 0 aliphatic carbocycles. The lowest BCUT2D eigenvalue weighted by Crippen LogP contribution is -2.57. The Morgan fingerprint density at radius 1 is 1.36 bits per heavy atom. The van der Waals surface area contributed by atoms with Crippen LogP contribution in [0.1, 0.15) is 39.3 Å². The highest BCUT2D eigenvalue weighted by Crippen LogP contribution is 2.33. The van der Waals surface area contributed by atoms with E-state index in [0.29, 0.717) is 18.5 Å². The molecule has 8 heteroatoms. The Balaban J connectivity index is 2.31. The first-order valence-electron chi connectivity index (χ1n) is 7.15. The Morgan fingerprint density at radius 2 is 2.00 bits per heavy atom. The number of piperidine rings is 1. The number of rotatable bonds is 1. The number of alkyl halides is 3. The van der Waals surface area contributed by atoms with Gasteiger partial charge in [0.1, 0.15) is 0 Å². The zero-order chi connectivity index (χ0) is 16.8. The molecule has 1 saturated heterocycles. The number of hydrogen-bond donors (Lipinski definition) is 1. The minimum Gasteiger partial charge on any atom is -0.333 e. The second kappa shape index (κ2) is 5.26. The van der Waals surface area contributed by atoms with Crippen LogP contribution in [-0.2, 0) is 15.9 Å². The zero-order valence-electron chi connectivity index (χ0n) is 12.9. The van der Waals surface area contributed by atoms with E-state index in [2.05, 4.69) is 5.10 Å². The summed E-state index contributed by atoms with van der Waals surface area (Å²) in [5.74, 6) is -1.83. The predicted molar refractivity (Wildman–Crippen MR) is 75.0 cm³/mol. The van der Waals surface area contributed by atoms with Crippen LogP contribution in [0.3, 0.4) is 0 Å². The SMILES string of the molecule is CC(C)(C)n1nccc1C1(N)CCCN(C(=O)C(F)(F)F)C1. The summed E-state index contributed by atoms with van der Waals surface area (Å²) in [4.78, 5) is 12.3. The monoisotopic (exact) mass is 318 g/mol. The third-order valence-corrected chi connectivity index (χ3v) is 3.84. The molecule has 1 fully saturated rings. The van der Waals surface area contributed by atoms with Gasteiger partial charge in [0, 0.05) is 19.3 Å². The third kappa shape index (κ3) is 3.11. The molecule has 5 nitrogen and oxygen atoms in total. The Hall–Kier alpha value is -1.57. The Morgan fingerprint density at radius 3 is 2.55 bits per heavy atom. The van der Waals surface area contributed by atoms with E-state index in [-0.39, 0.29) is 18.6 Å². The molecular weight excluding hydrogens is 297 g/mol. The fraction of sp³-hybridized carbons (Fsp3) is 0.714. The molecule has 1 unspecified atom stereocenters. The highest BCUT2D eigenvalue weighted by atomic mass is 19.4. The number of hydrogen-bond acceptors (Lipinski definition) is 3. The van der Waals surface area contributed by atoms with Gasteiger partial charge in [0.05, 0.1) is 16.8 Å². The number of amides is 1. The smallest absolute Gasteiger partial charge is 0.333 e. The van der Waals surface area contributed by atoms with E-state index in [1.165, 1.54) is 0 Å². The van der Waals surface area contributed by atoms with Crippen molar-refractivity contribution in [1.82, 2.24) is 14.7 Å². The first-order valence-corrected chi connectivity index (χ1v) is 7.15. The molecule has 0 radical (unpaired) electrons. The Bertz CT molecular complexity index is 561. The fourth-order valence-electron chi connectivity index (χ4n) is 2.86. The van der Waals surface area contributed by atoms with Crippen molar-refractivity contribution in [2.45, 2.75) is 50.9 Å². The average molecular weight is 318 g/mol. The molecule has 0 bridgehead atoms. The van der Waals surface area contributed by atoms with Crippen molar-refractivity contribution in [3.05, 3.63) is 18.0 Å². The van der Waals surface area contributed by atoms with E-state index in [0.717, 1.165) is 4.90 Å². The van der Waals surface area contributed by atoms with Gasteiger partial charge in [-0.25, -0.2) is 0 Å². The highest BCUT2D eigenvalue weighted by Gasteiger charge is 2.47. The number of nitrogens with two attached hydrogens (primary N) is 1. The summed E-state index contributed by atoms with van der Waals surface area (Å²) in [6.45, 7) is 5.73. The molecule has 1 amide bonds. The summed E-state index contributed by atoms with van der Waals surface area (Å²) >= 11 is 0. The molecule has 2 rings (SSSR count). The Kier molecular flexibility index (Phi) is 4.01. The van der Waals surface area contributed by atoms with Crippen molar-refractivity contribution < 1.29 is 18.0 Å². The van der Waals surface area contributed by atoms with E-state index >= 15 is 0 Å². The second-order valence-electron chi connectivity index (χ2n) is 6.78. The van der Waals surface area contributed by atoms with Crippen molar-refractivity contribution >= 4 is 5.91 Å². The predicted octanol–water partition coefficient (Wildman–Crippen LogP) is 1.98. The van der Waals surface area contributed by atoms with Gasteiger partial charge < -0.3 is 10.6 Å². The lowest BCUT2D eigenvalue weighted by atomic mass is 9.86. The Labute approximate surface area is 127 Å². The minimum absolute atomic E-state index is 0.0704. The average Bonchev–Trinajstić information content (AvgIpc) is 2.86. The van der Waals surface area contributed by atoms with Crippen LogP contribution in [0.5, 0.6) is 0 Å². The van der Waals surface area contributed by atoms with Gasteiger partial charge in [-0.1, -0.05) is 0 Å². The molecule has 0 saturated carbocycles. The van der Waals surface area contributed by atoms with Gasteiger partial charge in [-0.2, -0.15) is 18.3 Å².